The van der Waals surface area contributed by atoms with Gasteiger partial charge >= 0.3 is 0 Å². The SMILES string of the molecule is CCNC(C)(CO)CC(C)N(C)CCc1ccccn1. The van der Waals surface area contributed by atoms with Crippen LogP contribution >= 0.6 is 0 Å². The van der Waals surface area contributed by atoms with E-state index >= 15 is 0 Å². The summed E-state index contributed by atoms with van der Waals surface area (Å²) in [6.07, 6.45) is 3.72. The van der Waals surface area contributed by atoms with Crippen molar-refractivity contribution in [2.24, 2.45) is 0 Å². The third kappa shape index (κ3) is 5.57. The lowest BCUT2D eigenvalue weighted by molar-refractivity contribution is 0.128. The van der Waals surface area contributed by atoms with Crippen LogP contribution in [0.1, 0.15) is 32.9 Å². The Morgan fingerprint density at radius 2 is 2.20 bits per heavy atom. The van der Waals surface area contributed by atoms with Crippen LogP contribution in [0.4, 0.5) is 0 Å². The molecule has 1 aromatic heterocycles. The molecule has 1 heterocycles. The first-order valence-electron chi connectivity index (χ1n) is 7.47. The van der Waals surface area contributed by atoms with E-state index < -0.39 is 0 Å². The Morgan fingerprint density at radius 3 is 2.75 bits per heavy atom. The Balaban J connectivity index is 2.44. The summed E-state index contributed by atoms with van der Waals surface area (Å²) >= 11 is 0. The Morgan fingerprint density at radius 1 is 1.45 bits per heavy atom. The van der Waals surface area contributed by atoms with Crippen LogP contribution < -0.4 is 5.32 Å². The molecule has 0 aliphatic carbocycles. The van der Waals surface area contributed by atoms with Gasteiger partial charge in [0.05, 0.1) is 6.61 Å². The Labute approximate surface area is 123 Å². The van der Waals surface area contributed by atoms with Crippen LogP contribution in [0, 0.1) is 0 Å². The number of nitrogens with one attached hydrogen (secondary N) is 1. The van der Waals surface area contributed by atoms with Gasteiger partial charge in [0.2, 0.25) is 0 Å². The van der Waals surface area contributed by atoms with Gasteiger partial charge in [-0.25, -0.2) is 0 Å². The number of aromatic nitrogens is 1. The first-order chi connectivity index (χ1) is 9.50. The highest BCUT2D eigenvalue weighted by Gasteiger charge is 2.26. The molecule has 0 aliphatic rings. The number of rotatable bonds is 9. The fraction of sp³-hybridized carbons (Fsp3) is 0.688. The van der Waals surface area contributed by atoms with Crippen molar-refractivity contribution >= 4 is 0 Å². The zero-order valence-corrected chi connectivity index (χ0v) is 13.3. The summed E-state index contributed by atoms with van der Waals surface area (Å²) in [4.78, 5) is 6.68. The largest absolute Gasteiger partial charge is 0.394 e. The van der Waals surface area contributed by atoms with Gasteiger partial charge in [-0.2, -0.15) is 0 Å². The minimum absolute atomic E-state index is 0.166. The third-order valence-electron chi connectivity index (χ3n) is 3.90. The maximum absolute atomic E-state index is 9.56. The molecule has 1 aromatic rings. The zero-order valence-electron chi connectivity index (χ0n) is 13.3. The van der Waals surface area contributed by atoms with Gasteiger partial charge in [0.1, 0.15) is 0 Å². The molecule has 0 bridgehead atoms. The molecule has 0 fully saturated rings. The van der Waals surface area contributed by atoms with Crippen molar-refractivity contribution in [1.29, 1.82) is 0 Å². The summed E-state index contributed by atoms with van der Waals surface area (Å²) in [5.41, 5.74) is 0.927. The molecular weight excluding hydrogens is 250 g/mol. The van der Waals surface area contributed by atoms with E-state index in [1.165, 1.54) is 0 Å². The molecule has 0 saturated carbocycles. The summed E-state index contributed by atoms with van der Waals surface area (Å²) in [6.45, 7) is 8.39. The number of pyridine rings is 1. The van der Waals surface area contributed by atoms with Crippen molar-refractivity contribution in [3.05, 3.63) is 30.1 Å². The van der Waals surface area contributed by atoms with Gasteiger partial charge in [0.15, 0.2) is 0 Å². The average molecular weight is 279 g/mol. The van der Waals surface area contributed by atoms with Crippen LogP contribution in [0.15, 0.2) is 24.4 Å². The van der Waals surface area contributed by atoms with Crippen molar-refractivity contribution in [3.63, 3.8) is 0 Å². The summed E-state index contributed by atoms with van der Waals surface area (Å²) in [7, 11) is 2.14. The van der Waals surface area contributed by atoms with Crippen molar-refractivity contribution in [2.45, 2.75) is 45.2 Å². The Hall–Kier alpha value is -0.970. The molecule has 0 radical (unpaired) electrons. The highest BCUT2D eigenvalue weighted by Crippen LogP contribution is 2.15. The lowest BCUT2D eigenvalue weighted by Gasteiger charge is -2.35. The predicted molar refractivity (Wildman–Crippen MR) is 83.8 cm³/mol. The van der Waals surface area contributed by atoms with Crippen LogP contribution in [-0.4, -0.2) is 53.3 Å². The number of hydrogen-bond donors (Lipinski definition) is 2. The minimum atomic E-state index is -0.201. The number of likely N-dealkylation sites (N-methyl/N-ethyl adjacent to an activating group) is 2. The second-order valence-corrected chi connectivity index (χ2v) is 5.85. The van der Waals surface area contributed by atoms with Gasteiger partial charge < -0.3 is 15.3 Å². The fourth-order valence-electron chi connectivity index (χ4n) is 2.48. The number of aliphatic hydroxyl groups is 1. The third-order valence-corrected chi connectivity index (χ3v) is 3.90. The van der Waals surface area contributed by atoms with Gasteiger partial charge in [0.25, 0.3) is 0 Å². The van der Waals surface area contributed by atoms with Gasteiger partial charge in [-0.05, 0) is 46.0 Å². The molecule has 4 nitrogen and oxygen atoms in total. The van der Waals surface area contributed by atoms with E-state index in [-0.39, 0.29) is 12.1 Å². The van der Waals surface area contributed by atoms with Crippen LogP contribution in [0.2, 0.25) is 0 Å². The normalized spacial score (nSPS) is 16.1. The number of hydrogen-bond acceptors (Lipinski definition) is 4. The van der Waals surface area contributed by atoms with Crippen molar-refractivity contribution in [1.82, 2.24) is 15.2 Å². The molecule has 114 valence electrons. The highest BCUT2D eigenvalue weighted by atomic mass is 16.3. The van der Waals surface area contributed by atoms with Crippen molar-refractivity contribution in [3.8, 4) is 0 Å². The monoisotopic (exact) mass is 279 g/mol. The molecule has 0 aromatic carbocycles. The van der Waals surface area contributed by atoms with Crippen LogP contribution in [0.25, 0.3) is 0 Å². The topological polar surface area (TPSA) is 48.4 Å². The molecule has 0 amide bonds. The minimum Gasteiger partial charge on any atom is -0.394 e. The Bertz CT molecular complexity index is 371. The molecule has 2 N–H and O–H groups in total. The summed E-state index contributed by atoms with van der Waals surface area (Å²) in [5, 5.41) is 12.9. The predicted octanol–water partition coefficient (Wildman–Crippen LogP) is 1.69. The van der Waals surface area contributed by atoms with Gasteiger partial charge in [-0.3, -0.25) is 4.98 Å². The van der Waals surface area contributed by atoms with E-state index in [2.05, 4.69) is 49.1 Å². The van der Waals surface area contributed by atoms with E-state index in [0.717, 1.165) is 31.6 Å². The maximum Gasteiger partial charge on any atom is 0.0611 e. The van der Waals surface area contributed by atoms with Crippen molar-refractivity contribution < 1.29 is 5.11 Å². The Kier molecular flexibility index (Phi) is 7.13. The van der Waals surface area contributed by atoms with Gasteiger partial charge in [-0.1, -0.05) is 13.0 Å². The van der Waals surface area contributed by atoms with Gasteiger partial charge in [-0.15, -0.1) is 0 Å². The second-order valence-electron chi connectivity index (χ2n) is 5.85. The van der Waals surface area contributed by atoms with E-state index in [4.69, 9.17) is 0 Å². The molecule has 0 spiro atoms. The standard InChI is InChI=1S/C16H29N3O/c1-5-18-16(3,13-20)12-14(2)19(4)11-9-15-8-6-7-10-17-15/h6-8,10,14,18,20H,5,9,11-13H2,1-4H3. The second kappa shape index (κ2) is 8.35. The summed E-state index contributed by atoms with van der Waals surface area (Å²) in [5.74, 6) is 0. The summed E-state index contributed by atoms with van der Waals surface area (Å²) < 4.78 is 0. The molecule has 20 heavy (non-hydrogen) atoms. The zero-order chi connectivity index (χ0) is 15.0. The average Bonchev–Trinajstić information content (AvgIpc) is 2.46. The molecule has 2 unspecified atom stereocenters. The maximum atomic E-state index is 9.56. The van der Waals surface area contributed by atoms with E-state index in [1.807, 2.05) is 18.3 Å². The molecule has 1 rings (SSSR count). The lowest BCUT2D eigenvalue weighted by Crippen LogP contribution is -2.50. The van der Waals surface area contributed by atoms with Crippen molar-refractivity contribution in [2.75, 3.05) is 26.7 Å². The summed E-state index contributed by atoms with van der Waals surface area (Å²) in [6, 6.07) is 6.45. The van der Waals surface area contributed by atoms with Crippen LogP contribution in [-0.2, 0) is 6.42 Å². The van der Waals surface area contributed by atoms with E-state index in [1.54, 1.807) is 0 Å². The lowest BCUT2D eigenvalue weighted by atomic mass is 9.93. The van der Waals surface area contributed by atoms with Crippen LogP contribution in [0.3, 0.4) is 0 Å². The fourth-order valence-corrected chi connectivity index (χ4v) is 2.48. The molecule has 4 heteroatoms. The van der Waals surface area contributed by atoms with E-state index in [0.29, 0.717) is 6.04 Å². The molecule has 0 aliphatic heterocycles. The number of nitrogens with zero attached hydrogens (tertiary/aromatic N) is 2. The molecule has 2 atom stereocenters. The number of aliphatic hydroxyl groups excluding tert-OH is 1. The molecule has 0 saturated heterocycles. The smallest absolute Gasteiger partial charge is 0.0611 e. The van der Waals surface area contributed by atoms with Crippen LogP contribution in [0.5, 0.6) is 0 Å². The highest BCUT2D eigenvalue weighted by molar-refractivity contribution is 5.03. The quantitative estimate of drug-likeness (QED) is 0.722. The van der Waals surface area contributed by atoms with E-state index in [9.17, 15) is 5.11 Å². The first-order valence-corrected chi connectivity index (χ1v) is 7.47. The molecular formula is C16H29N3O. The van der Waals surface area contributed by atoms with Gasteiger partial charge in [0, 0.05) is 36.4 Å². The first kappa shape index (κ1) is 17.1.